The summed E-state index contributed by atoms with van der Waals surface area (Å²) in [4.78, 5) is 34.9. The normalized spacial score (nSPS) is 31.4. The van der Waals surface area contributed by atoms with E-state index in [0.717, 1.165) is 5.01 Å². The predicted molar refractivity (Wildman–Crippen MR) is 77.3 cm³/mol. The first-order valence-electron chi connectivity index (χ1n) is 7.06. The molecular weight excluding hydrogens is 302 g/mol. The molecule has 2 bridgehead atoms. The van der Waals surface area contributed by atoms with Crippen LogP contribution >= 0.6 is 0 Å². The first-order valence-corrected chi connectivity index (χ1v) is 7.06. The Morgan fingerprint density at radius 1 is 1.17 bits per heavy atom. The molecule has 0 spiro atoms. The van der Waals surface area contributed by atoms with Crippen LogP contribution in [0, 0.1) is 22.0 Å². The largest absolute Gasteiger partial charge is 0.365 e. The number of hydrazone groups is 1. The summed E-state index contributed by atoms with van der Waals surface area (Å²) in [5, 5.41) is 15.5. The fraction of sp³-hybridized carbons (Fsp3) is 0.267. The van der Waals surface area contributed by atoms with Gasteiger partial charge in [0.2, 0.25) is 0 Å². The van der Waals surface area contributed by atoms with E-state index in [1.807, 2.05) is 0 Å². The van der Waals surface area contributed by atoms with Crippen molar-refractivity contribution in [1.82, 2.24) is 5.01 Å². The number of carbonyl (C=O) groups excluding carboxylic acids is 2. The Hall–Kier alpha value is -2.87. The van der Waals surface area contributed by atoms with E-state index in [4.69, 9.17) is 4.74 Å². The third kappa shape index (κ3) is 1.99. The molecule has 2 fully saturated rings. The third-order valence-corrected chi connectivity index (χ3v) is 4.29. The molecule has 4 rings (SSSR count). The molecule has 4 atom stereocenters. The average molecular weight is 313 g/mol. The van der Waals surface area contributed by atoms with Gasteiger partial charge < -0.3 is 4.74 Å². The van der Waals surface area contributed by atoms with E-state index in [0.29, 0.717) is 5.56 Å². The van der Waals surface area contributed by atoms with Gasteiger partial charge in [0.15, 0.2) is 0 Å². The lowest BCUT2D eigenvalue weighted by atomic mass is 9.85. The summed E-state index contributed by atoms with van der Waals surface area (Å²) in [6.07, 6.45) is 4.15. The molecule has 116 valence electrons. The van der Waals surface area contributed by atoms with Crippen LogP contribution in [0.2, 0.25) is 0 Å². The van der Waals surface area contributed by atoms with Crippen LogP contribution in [0.15, 0.2) is 41.5 Å². The monoisotopic (exact) mass is 313 g/mol. The van der Waals surface area contributed by atoms with Gasteiger partial charge in [0, 0.05) is 17.7 Å². The quantitative estimate of drug-likeness (QED) is 0.271. The number of imide groups is 1. The van der Waals surface area contributed by atoms with Crippen LogP contribution in [-0.2, 0) is 14.3 Å². The fourth-order valence-corrected chi connectivity index (χ4v) is 3.24. The number of non-ortho nitro benzene ring substituents is 1. The molecule has 0 aromatic heterocycles. The van der Waals surface area contributed by atoms with Gasteiger partial charge in [-0.25, -0.2) is 0 Å². The average Bonchev–Trinajstić information content (AvgIpc) is 3.21. The summed E-state index contributed by atoms with van der Waals surface area (Å²) < 4.78 is 5.53. The smallest absolute Gasteiger partial charge is 0.270 e. The molecule has 1 aromatic rings. The number of benzene rings is 1. The van der Waals surface area contributed by atoms with Gasteiger partial charge in [-0.1, -0.05) is 24.3 Å². The summed E-state index contributed by atoms with van der Waals surface area (Å²) in [6.45, 7) is 0. The zero-order valence-corrected chi connectivity index (χ0v) is 11.7. The molecule has 1 aromatic carbocycles. The third-order valence-electron chi connectivity index (χ3n) is 4.29. The minimum absolute atomic E-state index is 0.0828. The van der Waals surface area contributed by atoms with Crippen molar-refractivity contribution in [3.8, 4) is 0 Å². The standard InChI is InChI=1S/C15H11N3O5/c19-14-12-10-4-5-11(23-10)13(12)15(20)17(14)16-7-8-2-1-3-9(6-8)18(21)22/h1-7,10-13H/b16-7-/t10-,11-,12-,13+/m0/s1. The van der Waals surface area contributed by atoms with Gasteiger partial charge in [0.25, 0.3) is 17.5 Å². The van der Waals surface area contributed by atoms with Crippen molar-refractivity contribution in [3.05, 3.63) is 52.1 Å². The van der Waals surface area contributed by atoms with E-state index in [2.05, 4.69) is 5.10 Å². The summed E-state index contributed by atoms with van der Waals surface area (Å²) >= 11 is 0. The molecule has 3 heterocycles. The molecule has 2 amide bonds. The number of carbonyl (C=O) groups is 2. The Kier molecular flexibility index (Phi) is 2.88. The van der Waals surface area contributed by atoms with Gasteiger partial charge in [-0.05, 0) is 0 Å². The second-order valence-corrected chi connectivity index (χ2v) is 5.59. The Morgan fingerprint density at radius 2 is 1.83 bits per heavy atom. The van der Waals surface area contributed by atoms with Crippen molar-refractivity contribution in [2.45, 2.75) is 12.2 Å². The van der Waals surface area contributed by atoms with Gasteiger partial charge in [-0.15, -0.1) is 0 Å². The van der Waals surface area contributed by atoms with Gasteiger partial charge >= 0.3 is 0 Å². The second kappa shape index (κ2) is 4.82. The van der Waals surface area contributed by atoms with Crippen molar-refractivity contribution in [1.29, 1.82) is 0 Å². The minimum atomic E-state index is -0.519. The van der Waals surface area contributed by atoms with E-state index in [-0.39, 0.29) is 17.9 Å². The lowest BCUT2D eigenvalue weighted by molar-refractivity contribution is -0.384. The number of hydrogen-bond acceptors (Lipinski definition) is 6. The zero-order valence-electron chi connectivity index (χ0n) is 11.7. The predicted octanol–water partition coefficient (Wildman–Crippen LogP) is 0.867. The molecule has 0 saturated carbocycles. The molecular formula is C15H11N3O5. The maximum absolute atomic E-state index is 12.4. The van der Waals surface area contributed by atoms with Crippen LogP contribution in [0.3, 0.4) is 0 Å². The topological polar surface area (TPSA) is 102 Å². The first-order chi connectivity index (χ1) is 11.1. The van der Waals surface area contributed by atoms with Crippen LogP contribution < -0.4 is 0 Å². The number of rotatable bonds is 3. The summed E-state index contributed by atoms with van der Waals surface area (Å²) in [5.41, 5.74) is 0.356. The van der Waals surface area contributed by atoms with Gasteiger partial charge in [0.05, 0.1) is 35.2 Å². The van der Waals surface area contributed by atoms with Crippen molar-refractivity contribution in [2.24, 2.45) is 16.9 Å². The van der Waals surface area contributed by atoms with Crippen molar-refractivity contribution < 1.29 is 19.2 Å². The van der Waals surface area contributed by atoms with E-state index < -0.39 is 28.6 Å². The highest BCUT2D eigenvalue weighted by Gasteiger charge is 2.61. The Bertz CT molecular complexity index is 757. The summed E-state index contributed by atoms with van der Waals surface area (Å²) in [5.74, 6) is -1.81. The first kappa shape index (κ1) is 13.8. The highest BCUT2D eigenvalue weighted by atomic mass is 16.6. The van der Waals surface area contributed by atoms with Crippen molar-refractivity contribution >= 4 is 23.7 Å². The van der Waals surface area contributed by atoms with Crippen LogP contribution in [0.25, 0.3) is 0 Å². The number of amides is 2. The lowest BCUT2D eigenvalue weighted by Gasteiger charge is -2.11. The molecule has 0 N–H and O–H groups in total. The second-order valence-electron chi connectivity index (χ2n) is 5.59. The van der Waals surface area contributed by atoms with Gasteiger partial charge in [-0.2, -0.15) is 10.1 Å². The molecule has 2 saturated heterocycles. The highest BCUT2D eigenvalue weighted by molar-refractivity contribution is 6.07. The van der Waals surface area contributed by atoms with Crippen LogP contribution in [-0.4, -0.2) is 40.2 Å². The minimum Gasteiger partial charge on any atom is -0.365 e. The van der Waals surface area contributed by atoms with Crippen molar-refractivity contribution in [3.63, 3.8) is 0 Å². The Morgan fingerprint density at radius 3 is 2.43 bits per heavy atom. The number of hydrogen-bond donors (Lipinski definition) is 0. The maximum Gasteiger partial charge on any atom is 0.270 e. The SMILES string of the molecule is O=C1[C@@H]2[C@H](C(=O)N1/N=C\c1cccc([N+](=O)[O-])c1)[C@@H]1C=C[C@@H]2O1. The van der Waals surface area contributed by atoms with Crippen LogP contribution in [0.5, 0.6) is 0 Å². The molecule has 8 heteroatoms. The van der Waals surface area contributed by atoms with E-state index in [1.165, 1.54) is 24.4 Å². The summed E-state index contributed by atoms with van der Waals surface area (Å²) in [7, 11) is 0. The number of nitro benzene ring substituents is 1. The molecule has 23 heavy (non-hydrogen) atoms. The Balaban J connectivity index is 1.58. The van der Waals surface area contributed by atoms with E-state index in [9.17, 15) is 19.7 Å². The van der Waals surface area contributed by atoms with E-state index >= 15 is 0 Å². The number of nitro groups is 1. The van der Waals surface area contributed by atoms with Gasteiger partial charge in [0.1, 0.15) is 0 Å². The molecule has 0 unspecified atom stereocenters. The summed E-state index contributed by atoms with van der Waals surface area (Å²) in [6, 6.07) is 5.80. The van der Waals surface area contributed by atoms with E-state index in [1.54, 1.807) is 18.2 Å². The number of fused-ring (bicyclic) bond motifs is 5. The van der Waals surface area contributed by atoms with Crippen LogP contribution in [0.4, 0.5) is 5.69 Å². The lowest BCUT2D eigenvalue weighted by Crippen LogP contribution is -2.30. The molecule has 0 radical (unpaired) electrons. The Labute approximate surface area is 130 Å². The highest BCUT2D eigenvalue weighted by Crippen LogP contribution is 2.45. The fourth-order valence-electron chi connectivity index (χ4n) is 3.24. The van der Waals surface area contributed by atoms with Crippen molar-refractivity contribution in [2.75, 3.05) is 0 Å². The molecule has 8 nitrogen and oxygen atoms in total. The maximum atomic E-state index is 12.4. The number of ether oxygens (including phenoxy) is 1. The molecule has 3 aliphatic rings. The van der Waals surface area contributed by atoms with Gasteiger partial charge in [-0.3, -0.25) is 19.7 Å². The zero-order chi connectivity index (χ0) is 16.1. The number of nitrogens with zero attached hydrogens (tertiary/aromatic N) is 3. The molecule has 3 aliphatic heterocycles. The molecule has 0 aliphatic carbocycles. The van der Waals surface area contributed by atoms with Crippen LogP contribution in [0.1, 0.15) is 5.56 Å².